The third-order valence-electron chi connectivity index (χ3n) is 4.05. The van der Waals surface area contributed by atoms with E-state index in [1.165, 1.54) is 4.88 Å². The first-order valence-electron chi connectivity index (χ1n) is 8.47. The van der Waals surface area contributed by atoms with Gasteiger partial charge < -0.3 is 19.4 Å². The summed E-state index contributed by atoms with van der Waals surface area (Å²) in [5.41, 5.74) is 1.77. The fourth-order valence-electron chi connectivity index (χ4n) is 2.85. The van der Waals surface area contributed by atoms with E-state index in [1.807, 2.05) is 43.3 Å². The average molecular weight is 371 g/mol. The zero-order valence-electron chi connectivity index (χ0n) is 15.0. The Labute approximate surface area is 157 Å². The van der Waals surface area contributed by atoms with Crippen molar-refractivity contribution in [2.24, 2.45) is 0 Å². The van der Waals surface area contributed by atoms with Gasteiger partial charge >= 0.3 is 0 Å². The Hall–Kier alpha value is -2.57. The van der Waals surface area contributed by atoms with E-state index < -0.39 is 0 Å². The monoisotopic (exact) mass is 371 g/mol. The number of methoxy groups -OCH3 is 1. The Morgan fingerprint density at radius 3 is 2.81 bits per heavy atom. The summed E-state index contributed by atoms with van der Waals surface area (Å²) in [5, 5.41) is 5.03. The minimum Gasteiger partial charge on any atom is -0.495 e. The number of rotatable bonds is 8. The molecule has 26 heavy (non-hydrogen) atoms. The van der Waals surface area contributed by atoms with Crippen LogP contribution in [0.2, 0.25) is 0 Å². The number of quaternary nitrogens is 1. The molecule has 0 aliphatic rings. The predicted octanol–water partition coefficient (Wildman–Crippen LogP) is 2.88. The molecule has 0 fully saturated rings. The van der Waals surface area contributed by atoms with Crippen LogP contribution in [-0.4, -0.2) is 19.6 Å². The minimum atomic E-state index is -0.0491. The molecule has 0 saturated carbocycles. The van der Waals surface area contributed by atoms with Crippen molar-refractivity contribution in [3.63, 3.8) is 0 Å². The number of carbonyl (C=O) groups excluding carboxylic acids is 1. The van der Waals surface area contributed by atoms with Crippen LogP contribution >= 0.6 is 11.3 Å². The summed E-state index contributed by atoms with van der Waals surface area (Å²) in [5.74, 6) is 1.49. The molecule has 1 unspecified atom stereocenters. The van der Waals surface area contributed by atoms with Crippen LogP contribution in [0, 0.1) is 6.92 Å². The van der Waals surface area contributed by atoms with Gasteiger partial charge in [-0.1, -0.05) is 12.1 Å². The quantitative estimate of drug-likeness (QED) is 0.640. The van der Waals surface area contributed by atoms with Gasteiger partial charge in [0, 0.05) is 0 Å². The molecule has 2 heterocycles. The fourth-order valence-corrected chi connectivity index (χ4v) is 3.62. The Morgan fingerprint density at radius 1 is 1.23 bits per heavy atom. The number of hydrogen-bond acceptors (Lipinski definition) is 4. The number of anilines is 1. The van der Waals surface area contributed by atoms with Crippen molar-refractivity contribution in [3.05, 3.63) is 70.3 Å². The zero-order chi connectivity index (χ0) is 18.4. The van der Waals surface area contributed by atoms with Crippen molar-refractivity contribution in [2.75, 3.05) is 19.0 Å². The molecule has 0 saturated heterocycles. The first-order chi connectivity index (χ1) is 12.6. The van der Waals surface area contributed by atoms with Crippen LogP contribution in [-0.2, 0) is 17.9 Å². The van der Waals surface area contributed by atoms with E-state index in [4.69, 9.17) is 9.15 Å². The van der Waals surface area contributed by atoms with Gasteiger partial charge in [0.1, 0.15) is 18.8 Å². The van der Waals surface area contributed by atoms with E-state index >= 15 is 0 Å². The van der Waals surface area contributed by atoms with Crippen LogP contribution in [0.1, 0.15) is 16.2 Å². The van der Waals surface area contributed by atoms with Crippen molar-refractivity contribution in [1.29, 1.82) is 0 Å². The minimum absolute atomic E-state index is 0.0491. The van der Waals surface area contributed by atoms with Crippen LogP contribution in [0.4, 0.5) is 5.69 Å². The van der Waals surface area contributed by atoms with Gasteiger partial charge in [-0.15, -0.1) is 11.3 Å². The maximum Gasteiger partial charge on any atom is 0.279 e. The Morgan fingerprint density at radius 2 is 2.12 bits per heavy atom. The van der Waals surface area contributed by atoms with Gasteiger partial charge in [0.05, 0.1) is 23.9 Å². The lowest BCUT2D eigenvalue weighted by atomic mass is 10.2. The number of amides is 1. The van der Waals surface area contributed by atoms with Crippen LogP contribution < -0.4 is 15.0 Å². The second-order valence-electron chi connectivity index (χ2n) is 6.19. The first kappa shape index (κ1) is 18.2. The Kier molecular flexibility index (Phi) is 6.09. The summed E-state index contributed by atoms with van der Waals surface area (Å²) in [6.07, 6.45) is 1.66. The molecule has 0 aliphatic carbocycles. The largest absolute Gasteiger partial charge is 0.495 e. The molecule has 2 N–H and O–H groups in total. The molecule has 5 nitrogen and oxygen atoms in total. The van der Waals surface area contributed by atoms with Crippen LogP contribution in [0.15, 0.2) is 58.5 Å². The number of ether oxygens (including phenoxy) is 1. The molecule has 1 atom stereocenters. The molecule has 1 amide bonds. The zero-order valence-corrected chi connectivity index (χ0v) is 15.8. The van der Waals surface area contributed by atoms with Crippen molar-refractivity contribution in [2.45, 2.75) is 20.0 Å². The maximum atomic E-state index is 12.6. The number of carbonyl (C=O) groups is 1. The van der Waals surface area contributed by atoms with Gasteiger partial charge in [-0.3, -0.25) is 4.79 Å². The molecule has 6 heteroatoms. The van der Waals surface area contributed by atoms with E-state index in [1.54, 1.807) is 24.7 Å². The smallest absolute Gasteiger partial charge is 0.279 e. The second kappa shape index (κ2) is 8.69. The molecule has 0 aliphatic heterocycles. The van der Waals surface area contributed by atoms with Gasteiger partial charge in [0.25, 0.3) is 5.91 Å². The summed E-state index contributed by atoms with van der Waals surface area (Å²) in [7, 11) is 1.60. The van der Waals surface area contributed by atoms with Gasteiger partial charge in [-0.2, -0.15) is 0 Å². The number of nitrogens with one attached hydrogen (secondary N) is 2. The molecule has 3 aromatic rings. The molecule has 0 radical (unpaired) electrons. The number of furan rings is 1. The molecule has 0 spiro atoms. The number of hydrogen-bond donors (Lipinski definition) is 2. The van der Waals surface area contributed by atoms with E-state index in [-0.39, 0.29) is 5.91 Å². The summed E-state index contributed by atoms with van der Waals surface area (Å²) < 4.78 is 10.8. The summed E-state index contributed by atoms with van der Waals surface area (Å²) >= 11 is 1.70. The highest BCUT2D eigenvalue weighted by Gasteiger charge is 2.18. The van der Waals surface area contributed by atoms with Gasteiger partial charge in [0.15, 0.2) is 12.3 Å². The average Bonchev–Trinajstić information content (AvgIpc) is 3.29. The highest BCUT2D eigenvalue weighted by Crippen LogP contribution is 2.24. The predicted molar refractivity (Wildman–Crippen MR) is 103 cm³/mol. The standard InChI is InChI=1S/C20H22N2O3S/c1-15-7-8-19(24-2)18(11-15)21-20(23)14-22(12-16-5-3-9-25-16)13-17-6-4-10-26-17/h3-11H,12-14H2,1-2H3,(H,21,23)/p+1. The first-order valence-corrected chi connectivity index (χ1v) is 9.35. The molecule has 3 rings (SSSR count). The Balaban J connectivity index is 1.69. The molecule has 136 valence electrons. The molecule has 2 aromatic heterocycles. The summed E-state index contributed by atoms with van der Waals surface area (Å²) in [6, 6.07) is 13.7. The number of benzene rings is 1. The maximum absolute atomic E-state index is 12.6. The van der Waals surface area contributed by atoms with Crippen molar-refractivity contribution >= 4 is 22.9 Å². The Bertz CT molecular complexity index is 793. The highest BCUT2D eigenvalue weighted by molar-refractivity contribution is 7.09. The van der Waals surface area contributed by atoms with Crippen molar-refractivity contribution in [3.8, 4) is 5.75 Å². The number of aryl methyl sites for hydroxylation is 1. The molecular formula is C20H23N2O3S+. The fraction of sp³-hybridized carbons (Fsp3) is 0.250. The summed E-state index contributed by atoms with van der Waals surface area (Å²) in [6.45, 7) is 3.76. The van der Waals surface area contributed by atoms with Gasteiger partial charge in [-0.25, -0.2) is 0 Å². The molecule has 0 bridgehead atoms. The van der Waals surface area contributed by atoms with Crippen molar-refractivity contribution in [1.82, 2.24) is 0 Å². The molecular weight excluding hydrogens is 348 g/mol. The van der Waals surface area contributed by atoms with E-state index in [9.17, 15) is 4.79 Å². The third-order valence-corrected chi connectivity index (χ3v) is 4.92. The summed E-state index contributed by atoms with van der Waals surface area (Å²) in [4.78, 5) is 15.0. The second-order valence-corrected chi connectivity index (χ2v) is 7.22. The van der Waals surface area contributed by atoms with E-state index in [0.717, 1.165) is 22.8 Å². The van der Waals surface area contributed by atoms with E-state index in [0.29, 0.717) is 24.5 Å². The topological polar surface area (TPSA) is 55.9 Å². The van der Waals surface area contributed by atoms with Crippen LogP contribution in [0.3, 0.4) is 0 Å². The van der Waals surface area contributed by atoms with E-state index in [2.05, 4.69) is 16.8 Å². The SMILES string of the molecule is COc1ccc(C)cc1NC(=O)C[NH+](Cc1ccco1)Cc1cccs1. The normalized spacial score (nSPS) is 11.9. The van der Waals surface area contributed by atoms with Crippen LogP contribution in [0.5, 0.6) is 5.75 Å². The van der Waals surface area contributed by atoms with Crippen molar-refractivity contribution < 1.29 is 18.8 Å². The van der Waals surface area contributed by atoms with Crippen LogP contribution in [0.25, 0.3) is 0 Å². The third kappa shape index (κ3) is 4.97. The lowest BCUT2D eigenvalue weighted by molar-refractivity contribution is -0.920. The van der Waals surface area contributed by atoms with Gasteiger partial charge in [0.2, 0.25) is 0 Å². The molecule has 1 aromatic carbocycles. The van der Waals surface area contributed by atoms with Gasteiger partial charge in [-0.05, 0) is 48.2 Å². The lowest BCUT2D eigenvalue weighted by Gasteiger charge is -2.18. The number of thiophene rings is 1. The highest BCUT2D eigenvalue weighted by atomic mass is 32.1. The lowest BCUT2D eigenvalue weighted by Crippen LogP contribution is -3.10.